The molecule has 2 aliphatic rings. The van der Waals surface area contributed by atoms with E-state index in [0.717, 1.165) is 39.9 Å². The molecule has 0 spiro atoms. The Hall–Kier alpha value is -4.04. The molecule has 0 saturated heterocycles. The van der Waals surface area contributed by atoms with E-state index in [1.54, 1.807) is 29.3 Å². The molecule has 0 aliphatic heterocycles. The number of para-hydroxylation sites is 1. The van der Waals surface area contributed by atoms with Gasteiger partial charge in [-0.15, -0.1) is 0 Å². The van der Waals surface area contributed by atoms with Crippen molar-refractivity contribution in [2.75, 3.05) is 13.2 Å². The maximum atomic E-state index is 13.9. The first-order chi connectivity index (χ1) is 18.4. The molecule has 8 heteroatoms. The number of hydrogen-bond acceptors (Lipinski definition) is 5. The quantitative estimate of drug-likeness (QED) is 0.404. The van der Waals surface area contributed by atoms with Gasteiger partial charge in [0.25, 0.3) is 0 Å². The first-order valence-corrected chi connectivity index (χ1v) is 12.8. The Labute approximate surface area is 219 Å². The molecular formula is C30H28FN3O4. The lowest BCUT2D eigenvalue weighted by molar-refractivity contribution is -0.149. The number of amides is 2. The molecule has 194 valence electrons. The Morgan fingerprint density at radius 2 is 2.00 bits per heavy atom. The highest BCUT2D eigenvalue weighted by atomic mass is 19.1. The monoisotopic (exact) mass is 513 g/mol. The minimum atomic E-state index is -0.461. The fourth-order valence-corrected chi connectivity index (χ4v) is 6.10. The van der Waals surface area contributed by atoms with Gasteiger partial charge in [0.1, 0.15) is 11.4 Å². The van der Waals surface area contributed by atoms with Crippen molar-refractivity contribution < 1.29 is 23.5 Å². The lowest BCUT2D eigenvalue weighted by Crippen LogP contribution is -2.47. The number of halogens is 1. The lowest BCUT2D eigenvalue weighted by atomic mass is 9.69. The topological polar surface area (TPSA) is 88.6 Å². The number of imide groups is 1. The Bertz CT molecular complexity index is 1570. The molecule has 0 bridgehead atoms. The summed E-state index contributed by atoms with van der Waals surface area (Å²) < 4.78 is 20.8. The summed E-state index contributed by atoms with van der Waals surface area (Å²) in [5.74, 6) is -1.30. The Balaban J connectivity index is 1.26. The van der Waals surface area contributed by atoms with Gasteiger partial charge in [-0.2, -0.15) is 5.10 Å². The van der Waals surface area contributed by atoms with Crippen molar-refractivity contribution in [1.29, 1.82) is 0 Å². The SMILES string of the molecule is C[C@]12Cc3cnn(-c4ccc(F)cc4)c3C=C1CC[C@@H]2C(=O)N(CCO)C(=O)Cc1coc2ccccc12. The number of furan rings is 1. The van der Waals surface area contributed by atoms with Crippen molar-refractivity contribution in [2.45, 2.75) is 32.6 Å². The van der Waals surface area contributed by atoms with Crippen LogP contribution in [0.3, 0.4) is 0 Å². The van der Waals surface area contributed by atoms with Crippen molar-refractivity contribution in [2.24, 2.45) is 11.3 Å². The predicted molar refractivity (Wildman–Crippen MR) is 140 cm³/mol. The third kappa shape index (κ3) is 3.96. The van der Waals surface area contributed by atoms with E-state index in [0.29, 0.717) is 18.4 Å². The summed E-state index contributed by atoms with van der Waals surface area (Å²) in [7, 11) is 0. The highest BCUT2D eigenvalue weighted by Crippen LogP contribution is 2.53. The van der Waals surface area contributed by atoms with Crippen LogP contribution in [0.1, 0.15) is 36.6 Å². The number of fused-ring (bicyclic) bond motifs is 3. The summed E-state index contributed by atoms with van der Waals surface area (Å²) in [6.07, 6.45) is 7.44. The third-order valence-corrected chi connectivity index (χ3v) is 8.12. The van der Waals surface area contributed by atoms with Gasteiger partial charge in [-0.25, -0.2) is 9.07 Å². The molecule has 7 nitrogen and oxygen atoms in total. The van der Waals surface area contributed by atoms with Crippen LogP contribution in [0.4, 0.5) is 4.39 Å². The van der Waals surface area contributed by atoms with E-state index < -0.39 is 11.3 Å². The first-order valence-electron chi connectivity index (χ1n) is 12.8. The zero-order chi connectivity index (χ0) is 26.4. The second-order valence-electron chi connectivity index (χ2n) is 10.3. The Morgan fingerprint density at radius 1 is 1.21 bits per heavy atom. The molecule has 2 aromatic heterocycles. The predicted octanol–water partition coefficient (Wildman–Crippen LogP) is 4.70. The second kappa shape index (κ2) is 9.36. The van der Waals surface area contributed by atoms with Gasteiger partial charge in [0.2, 0.25) is 11.8 Å². The van der Waals surface area contributed by atoms with Gasteiger partial charge in [0, 0.05) is 22.3 Å². The molecule has 0 unspecified atom stereocenters. The third-order valence-electron chi connectivity index (χ3n) is 8.12. The number of aliphatic hydroxyl groups excluding tert-OH is 1. The van der Waals surface area contributed by atoms with Crippen LogP contribution in [0.2, 0.25) is 0 Å². The van der Waals surface area contributed by atoms with Gasteiger partial charge in [-0.1, -0.05) is 30.7 Å². The number of aromatic nitrogens is 2. The highest BCUT2D eigenvalue weighted by molar-refractivity contribution is 5.99. The minimum Gasteiger partial charge on any atom is -0.464 e. The first kappa shape index (κ1) is 24.3. The van der Waals surface area contributed by atoms with Crippen LogP contribution in [0.15, 0.2) is 71.0 Å². The average Bonchev–Trinajstić information content (AvgIpc) is 3.60. The van der Waals surface area contributed by atoms with E-state index >= 15 is 0 Å². The summed E-state index contributed by atoms with van der Waals surface area (Å²) in [5, 5.41) is 15.1. The molecule has 2 aliphatic carbocycles. The van der Waals surface area contributed by atoms with Gasteiger partial charge in [0.15, 0.2) is 0 Å². The fourth-order valence-electron chi connectivity index (χ4n) is 6.10. The molecule has 1 N–H and O–H groups in total. The van der Waals surface area contributed by atoms with Crippen molar-refractivity contribution in [1.82, 2.24) is 14.7 Å². The number of aliphatic hydroxyl groups is 1. The molecule has 2 heterocycles. The van der Waals surface area contributed by atoms with Crippen molar-refractivity contribution in [3.63, 3.8) is 0 Å². The van der Waals surface area contributed by atoms with Crippen LogP contribution in [-0.2, 0) is 22.4 Å². The lowest BCUT2D eigenvalue weighted by Gasteiger charge is -2.37. The maximum absolute atomic E-state index is 13.9. The molecule has 4 aromatic rings. The van der Waals surface area contributed by atoms with Gasteiger partial charge in [-0.05, 0) is 61.2 Å². The van der Waals surface area contributed by atoms with Crippen molar-refractivity contribution >= 4 is 28.9 Å². The molecule has 1 fully saturated rings. The number of benzene rings is 2. The summed E-state index contributed by atoms with van der Waals surface area (Å²) in [6.45, 7) is 1.73. The number of allylic oxidation sites excluding steroid dienone is 1. The highest BCUT2D eigenvalue weighted by Gasteiger charge is 2.50. The van der Waals surface area contributed by atoms with E-state index in [1.165, 1.54) is 17.0 Å². The number of carbonyl (C=O) groups excluding carboxylic acids is 2. The van der Waals surface area contributed by atoms with Crippen LogP contribution < -0.4 is 0 Å². The summed E-state index contributed by atoms with van der Waals surface area (Å²) in [4.78, 5) is 28.5. The molecule has 2 amide bonds. The van der Waals surface area contributed by atoms with E-state index in [1.807, 2.05) is 24.3 Å². The molecule has 1 saturated carbocycles. The largest absolute Gasteiger partial charge is 0.464 e. The Morgan fingerprint density at radius 3 is 2.79 bits per heavy atom. The van der Waals surface area contributed by atoms with E-state index in [2.05, 4.69) is 18.1 Å². The van der Waals surface area contributed by atoms with E-state index in [4.69, 9.17) is 4.42 Å². The summed E-state index contributed by atoms with van der Waals surface area (Å²) >= 11 is 0. The maximum Gasteiger partial charge on any atom is 0.233 e. The average molecular weight is 514 g/mol. The van der Waals surface area contributed by atoms with Gasteiger partial charge < -0.3 is 9.52 Å². The molecule has 6 rings (SSSR count). The summed E-state index contributed by atoms with van der Waals surface area (Å²) in [6, 6.07) is 13.7. The summed E-state index contributed by atoms with van der Waals surface area (Å²) in [5.41, 5.74) is 4.80. The van der Waals surface area contributed by atoms with Gasteiger partial charge in [0.05, 0.1) is 43.4 Å². The van der Waals surface area contributed by atoms with Crippen LogP contribution in [0, 0.1) is 17.2 Å². The fraction of sp³-hybridized carbons (Fsp3) is 0.300. The van der Waals surface area contributed by atoms with Crippen LogP contribution >= 0.6 is 0 Å². The number of carbonyl (C=O) groups is 2. The second-order valence-corrected chi connectivity index (χ2v) is 10.3. The molecule has 0 radical (unpaired) electrons. The molecule has 2 aromatic carbocycles. The van der Waals surface area contributed by atoms with Crippen molar-refractivity contribution in [3.05, 3.63) is 89.2 Å². The van der Waals surface area contributed by atoms with E-state index in [9.17, 15) is 19.1 Å². The van der Waals surface area contributed by atoms with Crippen LogP contribution in [-0.4, -0.2) is 44.8 Å². The zero-order valence-corrected chi connectivity index (χ0v) is 21.1. The van der Waals surface area contributed by atoms with Crippen LogP contribution in [0.5, 0.6) is 0 Å². The van der Waals surface area contributed by atoms with Crippen LogP contribution in [0.25, 0.3) is 22.7 Å². The van der Waals surface area contributed by atoms with Crippen molar-refractivity contribution in [3.8, 4) is 5.69 Å². The minimum absolute atomic E-state index is 0.0173. The number of nitrogens with zero attached hydrogens (tertiary/aromatic N) is 3. The zero-order valence-electron chi connectivity index (χ0n) is 21.1. The molecular weight excluding hydrogens is 485 g/mol. The number of hydrogen-bond donors (Lipinski definition) is 1. The Kier molecular flexibility index (Phi) is 5.99. The smallest absolute Gasteiger partial charge is 0.233 e. The van der Waals surface area contributed by atoms with Gasteiger partial charge >= 0.3 is 0 Å². The normalized spacial score (nSPS) is 20.2. The molecule has 2 atom stereocenters. The standard InChI is InChI=1S/C30H28FN3O4/c1-30-16-20-17-32-34(23-9-7-22(31)8-10-23)26(20)15-21(30)6-11-25(30)29(37)33(12-13-35)28(36)14-19-18-38-27-5-3-2-4-24(19)27/h2-5,7-10,15,17-18,25,35H,6,11-14,16H2,1H3/t25-,30+/m1/s1. The number of rotatable bonds is 6. The van der Waals surface area contributed by atoms with E-state index in [-0.39, 0.29) is 37.2 Å². The molecule has 38 heavy (non-hydrogen) atoms. The van der Waals surface area contributed by atoms with Gasteiger partial charge in [-0.3, -0.25) is 14.5 Å².